The van der Waals surface area contributed by atoms with Gasteiger partial charge < -0.3 is 9.84 Å². The smallest absolute Gasteiger partial charge is 0.257 e. The predicted molar refractivity (Wildman–Crippen MR) is 60.3 cm³/mol. The highest BCUT2D eigenvalue weighted by molar-refractivity contribution is 5.96. The Kier molecular flexibility index (Phi) is 3.27. The zero-order valence-corrected chi connectivity index (χ0v) is 9.88. The third-order valence-corrected chi connectivity index (χ3v) is 3.20. The van der Waals surface area contributed by atoms with Crippen molar-refractivity contribution in [1.82, 2.24) is 10.5 Å². The lowest BCUT2D eigenvalue weighted by Gasteiger charge is -2.22. The van der Waals surface area contributed by atoms with Crippen LogP contribution < -0.4 is 5.32 Å². The summed E-state index contributed by atoms with van der Waals surface area (Å²) in [5, 5.41) is 6.86. The monoisotopic (exact) mass is 222 g/mol. The molecule has 4 nitrogen and oxygen atoms in total. The number of amides is 1. The van der Waals surface area contributed by atoms with Crippen molar-refractivity contribution in [3.63, 3.8) is 0 Å². The molecule has 88 valence electrons. The topological polar surface area (TPSA) is 55.1 Å². The van der Waals surface area contributed by atoms with Gasteiger partial charge in [-0.2, -0.15) is 0 Å². The van der Waals surface area contributed by atoms with Gasteiger partial charge in [-0.15, -0.1) is 0 Å². The van der Waals surface area contributed by atoms with Crippen LogP contribution in [0.4, 0.5) is 0 Å². The summed E-state index contributed by atoms with van der Waals surface area (Å²) in [5.74, 6) is 0.564. The Hall–Kier alpha value is -1.32. The fraction of sp³-hybridized carbons (Fsp3) is 0.667. The average Bonchev–Trinajstić information content (AvgIpc) is 2.60. The maximum absolute atomic E-state index is 12.0. The van der Waals surface area contributed by atoms with Crippen LogP contribution >= 0.6 is 0 Å². The van der Waals surface area contributed by atoms with Crippen molar-refractivity contribution < 1.29 is 9.32 Å². The number of aryl methyl sites for hydroxylation is 2. The summed E-state index contributed by atoms with van der Waals surface area (Å²) in [6.45, 7) is 3.57. The molecule has 1 saturated carbocycles. The Bertz CT molecular complexity index is 359. The van der Waals surface area contributed by atoms with E-state index in [4.69, 9.17) is 4.52 Å². The van der Waals surface area contributed by atoms with Crippen molar-refractivity contribution in [2.75, 3.05) is 0 Å². The lowest BCUT2D eigenvalue weighted by molar-refractivity contribution is 0.0925. The van der Waals surface area contributed by atoms with E-state index in [-0.39, 0.29) is 5.91 Å². The average molecular weight is 222 g/mol. The molecular weight excluding hydrogens is 204 g/mol. The molecule has 0 unspecified atom stereocenters. The number of nitrogens with zero attached hydrogens (tertiary/aromatic N) is 1. The number of hydrogen-bond donors (Lipinski definition) is 1. The number of aromatic nitrogens is 1. The van der Waals surface area contributed by atoms with Crippen LogP contribution in [0.15, 0.2) is 4.52 Å². The molecule has 0 aliphatic heterocycles. The number of carbonyl (C=O) groups excluding carboxylic acids is 1. The van der Waals surface area contributed by atoms with Gasteiger partial charge in [-0.1, -0.05) is 24.4 Å². The molecule has 16 heavy (non-hydrogen) atoms. The summed E-state index contributed by atoms with van der Waals surface area (Å²) in [6, 6.07) is 0.329. The third-order valence-electron chi connectivity index (χ3n) is 3.20. The van der Waals surface area contributed by atoms with Crippen LogP contribution in [0, 0.1) is 13.8 Å². The van der Waals surface area contributed by atoms with Crippen LogP contribution in [0.2, 0.25) is 0 Å². The van der Waals surface area contributed by atoms with E-state index in [1.165, 1.54) is 19.3 Å². The van der Waals surface area contributed by atoms with E-state index in [0.29, 0.717) is 23.1 Å². The van der Waals surface area contributed by atoms with E-state index >= 15 is 0 Å². The highest BCUT2D eigenvalue weighted by Crippen LogP contribution is 2.19. The molecule has 1 aromatic rings. The Balaban J connectivity index is 2.02. The summed E-state index contributed by atoms with van der Waals surface area (Å²) in [5.41, 5.74) is 1.27. The quantitative estimate of drug-likeness (QED) is 0.835. The number of carbonyl (C=O) groups is 1. The molecule has 4 heteroatoms. The van der Waals surface area contributed by atoms with E-state index in [9.17, 15) is 4.79 Å². The fourth-order valence-corrected chi connectivity index (χ4v) is 2.31. The second kappa shape index (κ2) is 4.68. The molecule has 0 saturated heterocycles. The van der Waals surface area contributed by atoms with E-state index in [2.05, 4.69) is 10.5 Å². The van der Waals surface area contributed by atoms with Gasteiger partial charge in [0.25, 0.3) is 5.91 Å². The lowest BCUT2D eigenvalue weighted by Crippen LogP contribution is -2.36. The van der Waals surface area contributed by atoms with Crippen LogP contribution in [0.3, 0.4) is 0 Å². The second-order valence-corrected chi connectivity index (χ2v) is 4.51. The van der Waals surface area contributed by atoms with Crippen LogP contribution in [-0.4, -0.2) is 17.1 Å². The predicted octanol–water partition coefficient (Wildman–Crippen LogP) is 2.35. The first-order valence-corrected chi connectivity index (χ1v) is 5.92. The Morgan fingerprint density at radius 1 is 1.31 bits per heavy atom. The summed E-state index contributed by atoms with van der Waals surface area (Å²) in [7, 11) is 0. The van der Waals surface area contributed by atoms with Crippen molar-refractivity contribution in [2.45, 2.75) is 52.0 Å². The van der Waals surface area contributed by atoms with Crippen LogP contribution in [-0.2, 0) is 0 Å². The van der Waals surface area contributed by atoms with Crippen molar-refractivity contribution in [3.8, 4) is 0 Å². The first-order valence-electron chi connectivity index (χ1n) is 5.92. The van der Waals surface area contributed by atoms with Crippen LogP contribution in [0.25, 0.3) is 0 Å². The van der Waals surface area contributed by atoms with E-state index < -0.39 is 0 Å². The molecule has 0 radical (unpaired) electrons. The van der Waals surface area contributed by atoms with Crippen molar-refractivity contribution in [1.29, 1.82) is 0 Å². The molecule has 1 fully saturated rings. The minimum atomic E-state index is -0.0387. The molecule has 1 aliphatic carbocycles. The van der Waals surface area contributed by atoms with Gasteiger partial charge in [0, 0.05) is 6.04 Å². The molecule has 1 aromatic heterocycles. The minimum absolute atomic E-state index is 0.0387. The van der Waals surface area contributed by atoms with E-state index in [1.807, 2.05) is 0 Å². The normalized spacial score (nSPS) is 17.4. The molecule has 2 rings (SSSR count). The SMILES string of the molecule is Cc1noc(C)c1C(=O)NC1CCCCC1. The standard InChI is InChI=1S/C12H18N2O2/c1-8-11(9(2)16-14-8)12(15)13-10-6-4-3-5-7-10/h10H,3-7H2,1-2H3,(H,13,15). The highest BCUT2D eigenvalue weighted by Gasteiger charge is 2.21. The van der Waals surface area contributed by atoms with Gasteiger partial charge in [0.05, 0.1) is 5.69 Å². The van der Waals surface area contributed by atoms with Gasteiger partial charge >= 0.3 is 0 Å². The van der Waals surface area contributed by atoms with Gasteiger partial charge in [0.2, 0.25) is 0 Å². The largest absolute Gasteiger partial charge is 0.361 e. The summed E-state index contributed by atoms with van der Waals surface area (Å²) in [6.07, 6.45) is 5.90. The molecule has 0 aromatic carbocycles. The zero-order chi connectivity index (χ0) is 11.5. The third kappa shape index (κ3) is 2.26. The molecule has 1 heterocycles. The van der Waals surface area contributed by atoms with E-state index in [1.54, 1.807) is 13.8 Å². The van der Waals surface area contributed by atoms with Crippen molar-refractivity contribution >= 4 is 5.91 Å². The molecule has 0 bridgehead atoms. The van der Waals surface area contributed by atoms with Crippen LogP contribution in [0.5, 0.6) is 0 Å². The molecule has 0 atom stereocenters. The summed E-state index contributed by atoms with van der Waals surface area (Å²) in [4.78, 5) is 12.0. The first kappa shape index (κ1) is 11.2. The first-order chi connectivity index (χ1) is 7.68. The molecule has 1 N–H and O–H groups in total. The Morgan fingerprint density at radius 3 is 2.56 bits per heavy atom. The zero-order valence-electron chi connectivity index (χ0n) is 9.88. The molecule has 1 amide bonds. The highest BCUT2D eigenvalue weighted by atomic mass is 16.5. The van der Waals surface area contributed by atoms with Crippen molar-refractivity contribution in [3.05, 3.63) is 17.0 Å². The van der Waals surface area contributed by atoms with Gasteiger partial charge in [0.15, 0.2) is 0 Å². The molecular formula is C12H18N2O2. The number of hydrogen-bond acceptors (Lipinski definition) is 3. The summed E-state index contributed by atoms with van der Waals surface area (Å²) < 4.78 is 4.99. The Labute approximate surface area is 95.4 Å². The second-order valence-electron chi connectivity index (χ2n) is 4.51. The molecule has 0 spiro atoms. The maximum Gasteiger partial charge on any atom is 0.257 e. The number of rotatable bonds is 2. The summed E-state index contributed by atoms with van der Waals surface area (Å²) >= 11 is 0. The lowest BCUT2D eigenvalue weighted by atomic mass is 9.95. The minimum Gasteiger partial charge on any atom is -0.361 e. The fourth-order valence-electron chi connectivity index (χ4n) is 2.31. The van der Waals surface area contributed by atoms with Gasteiger partial charge in [-0.3, -0.25) is 4.79 Å². The maximum atomic E-state index is 12.0. The van der Waals surface area contributed by atoms with Gasteiger partial charge in [0.1, 0.15) is 11.3 Å². The van der Waals surface area contributed by atoms with Gasteiger partial charge in [-0.25, -0.2) is 0 Å². The van der Waals surface area contributed by atoms with Gasteiger partial charge in [-0.05, 0) is 26.7 Å². The number of nitrogens with one attached hydrogen (secondary N) is 1. The Morgan fingerprint density at radius 2 is 2.00 bits per heavy atom. The van der Waals surface area contributed by atoms with E-state index in [0.717, 1.165) is 12.8 Å². The van der Waals surface area contributed by atoms with Crippen molar-refractivity contribution in [2.24, 2.45) is 0 Å². The van der Waals surface area contributed by atoms with Crippen LogP contribution in [0.1, 0.15) is 53.9 Å². The molecule has 1 aliphatic rings.